The monoisotopic (exact) mass is 241 g/mol. The lowest BCUT2D eigenvalue weighted by atomic mass is 10.1. The zero-order chi connectivity index (χ0) is 6.53. The standard InChI is InChI=1S/C5H12IN3/c6-9-8-5-1-3-7-4-2-5/h5,7-9H,1-4H2. The molecule has 54 valence electrons. The number of hydrazine groups is 1. The summed E-state index contributed by atoms with van der Waals surface area (Å²) in [7, 11) is 0. The number of hydrogen-bond acceptors (Lipinski definition) is 3. The molecule has 0 spiro atoms. The van der Waals surface area contributed by atoms with Crippen LogP contribution < -0.4 is 14.4 Å². The van der Waals surface area contributed by atoms with Crippen molar-refractivity contribution >= 4 is 22.9 Å². The van der Waals surface area contributed by atoms with Gasteiger partial charge in [-0.05, 0) is 25.9 Å². The normalized spacial score (nSPS) is 22.3. The van der Waals surface area contributed by atoms with Crippen molar-refractivity contribution in [2.75, 3.05) is 13.1 Å². The third-order valence-corrected chi connectivity index (χ3v) is 1.91. The maximum Gasteiger partial charge on any atom is 0.0334 e. The molecule has 0 unspecified atom stereocenters. The Labute approximate surface area is 69.4 Å². The Bertz CT molecular complexity index is 69.8. The summed E-state index contributed by atoms with van der Waals surface area (Å²) in [6, 6.07) is 0.670. The number of halogens is 1. The quantitative estimate of drug-likeness (QED) is 0.367. The van der Waals surface area contributed by atoms with Gasteiger partial charge in [0.1, 0.15) is 0 Å². The maximum atomic E-state index is 3.30. The summed E-state index contributed by atoms with van der Waals surface area (Å²) >= 11 is 2.11. The third-order valence-electron chi connectivity index (χ3n) is 1.60. The van der Waals surface area contributed by atoms with Gasteiger partial charge in [0.2, 0.25) is 0 Å². The van der Waals surface area contributed by atoms with Gasteiger partial charge in [-0.1, -0.05) is 0 Å². The predicted octanol–water partition coefficient (Wildman–Crippen LogP) is 0.183. The van der Waals surface area contributed by atoms with Gasteiger partial charge in [-0.15, -0.1) is 0 Å². The van der Waals surface area contributed by atoms with Gasteiger partial charge in [0.05, 0.1) is 0 Å². The number of rotatable bonds is 2. The van der Waals surface area contributed by atoms with Gasteiger partial charge in [-0.3, -0.25) is 0 Å². The Morgan fingerprint density at radius 1 is 1.33 bits per heavy atom. The van der Waals surface area contributed by atoms with Crippen LogP contribution in [0.1, 0.15) is 12.8 Å². The summed E-state index contributed by atoms with van der Waals surface area (Å²) in [6.45, 7) is 2.30. The lowest BCUT2D eigenvalue weighted by Gasteiger charge is -2.22. The Hall–Kier alpha value is 0.610. The molecule has 0 aliphatic carbocycles. The van der Waals surface area contributed by atoms with E-state index in [4.69, 9.17) is 0 Å². The third kappa shape index (κ3) is 2.79. The fraction of sp³-hybridized carbons (Fsp3) is 1.00. The van der Waals surface area contributed by atoms with Crippen molar-refractivity contribution in [3.63, 3.8) is 0 Å². The summed E-state index contributed by atoms with van der Waals surface area (Å²) in [4.78, 5) is 0. The van der Waals surface area contributed by atoms with Gasteiger partial charge in [0, 0.05) is 28.9 Å². The van der Waals surface area contributed by atoms with Gasteiger partial charge < -0.3 is 5.32 Å². The molecule has 1 aliphatic rings. The molecule has 0 aromatic carbocycles. The van der Waals surface area contributed by atoms with Crippen LogP contribution in [0.4, 0.5) is 0 Å². The molecule has 3 nitrogen and oxygen atoms in total. The molecule has 0 saturated carbocycles. The van der Waals surface area contributed by atoms with Crippen molar-refractivity contribution in [1.29, 1.82) is 0 Å². The van der Waals surface area contributed by atoms with Gasteiger partial charge in [0.15, 0.2) is 0 Å². The van der Waals surface area contributed by atoms with Crippen LogP contribution in [-0.2, 0) is 0 Å². The number of piperidine rings is 1. The van der Waals surface area contributed by atoms with Crippen LogP contribution in [-0.4, -0.2) is 19.1 Å². The lowest BCUT2D eigenvalue weighted by molar-refractivity contribution is 0.386. The highest BCUT2D eigenvalue weighted by Crippen LogP contribution is 1.99. The lowest BCUT2D eigenvalue weighted by Crippen LogP contribution is -2.43. The molecule has 3 N–H and O–H groups in total. The average molecular weight is 241 g/mol. The van der Waals surface area contributed by atoms with E-state index in [1.807, 2.05) is 0 Å². The van der Waals surface area contributed by atoms with Crippen LogP contribution in [0.3, 0.4) is 0 Å². The summed E-state index contributed by atoms with van der Waals surface area (Å²) in [5.74, 6) is 0. The van der Waals surface area contributed by atoms with Crippen LogP contribution in [0.25, 0.3) is 0 Å². The van der Waals surface area contributed by atoms with E-state index in [0.29, 0.717) is 6.04 Å². The summed E-state index contributed by atoms with van der Waals surface area (Å²) in [5.41, 5.74) is 3.18. The van der Waals surface area contributed by atoms with E-state index in [1.54, 1.807) is 0 Å². The first-order valence-electron chi connectivity index (χ1n) is 3.25. The molecular weight excluding hydrogens is 229 g/mol. The minimum atomic E-state index is 0.670. The fourth-order valence-corrected chi connectivity index (χ4v) is 1.48. The Kier molecular flexibility index (Phi) is 3.80. The fourth-order valence-electron chi connectivity index (χ4n) is 1.04. The summed E-state index contributed by atoms with van der Waals surface area (Å²) in [6.07, 6.45) is 2.46. The molecule has 1 heterocycles. The first kappa shape index (κ1) is 7.71. The number of nitrogens with one attached hydrogen (secondary N) is 3. The molecular formula is C5H12IN3. The highest BCUT2D eigenvalue weighted by Gasteiger charge is 2.10. The van der Waals surface area contributed by atoms with E-state index < -0.39 is 0 Å². The van der Waals surface area contributed by atoms with Crippen LogP contribution >= 0.6 is 22.9 Å². The van der Waals surface area contributed by atoms with Gasteiger partial charge in [-0.2, -0.15) is 3.64 Å². The molecule has 0 bridgehead atoms. The second-order valence-corrected chi connectivity index (χ2v) is 2.80. The largest absolute Gasteiger partial charge is 0.317 e. The highest BCUT2D eigenvalue weighted by atomic mass is 127. The van der Waals surface area contributed by atoms with Crippen molar-refractivity contribution < 1.29 is 0 Å². The van der Waals surface area contributed by atoms with Crippen LogP contribution in [0.15, 0.2) is 0 Å². The van der Waals surface area contributed by atoms with Gasteiger partial charge >= 0.3 is 0 Å². The van der Waals surface area contributed by atoms with Gasteiger partial charge in [-0.25, -0.2) is 5.43 Å². The highest BCUT2D eigenvalue weighted by molar-refractivity contribution is 14.1. The first-order chi connectivity index (χ1) is 4.43. The van der Waals surface area contributed by atoms with Crippen molar-refractivity contribution in [2.45, 2.75) is 18.9 Å². The SMILES string of the molecule is INNC1CCNCC1. The smallest absolute Gasteiger partial charge is 0.0334 e. The summed E-state index contributed by atoms with van der Waals surface area (Å²) < 4.78 is 2.93. The molecule has 1 fully saturated rings. The molecule has 4 heteroatoms. The van der Waals surface area contributed by atoms with Crippen molar-refractivity contribution in [3.8, 4) is 0 Å². The molecule has 1 aliphatic heterocycles. The maximum absolute atomic E-state index is 3.30. The second kappa shape index (κ2) is 4.43. The molecule has 0 radical (unpaired) electrons. The first-order valence-corrected chi connectivity index (χ1v) is 4.33. The van der Waals surface area contributed by atoms with Crippen molar-refractivity contribution in [2.24, 2.45) is 0 Å². The van der Waals surface area contributed by atoms with Crippen molar-refractivity contribution in [3.05, 3.63) is 0 Å². The van der Waals surface area contributed by atoms with Crippen LogP contribution in [0.2, 0.25) is 0 Å². The van der Waals surface area contributed by atoms with E-state index in [-0.39, 0.29) is 0 Å². The Balaban J connectivity index is 2.08. The molecule has 0 atom stereocenters. The molecule has 0 aromatic heterocycles. The Morgan fingerprint density at radius 3 is 2.56 bits per heavy atom. The van der Waals surface area contributed by atoms with Crippen LogP contribution in [0.5, 0.6) is 0 Å². The second-order valence-electron chi connectivity index (χ2n) is 2.26. The van der Waals surface area contributed by atoms with E-state index in [9.17, 15) is 0 Å². The van der Waals surface area contributed by atoms with E-state index in [1.165, 1.54) is 12.8 Å². The topological polar surface area (TPSA) is 36.1 Å². The van der Waals surface area contributed by atoms with E-state index in [2.05, 4.69) is 37.2 Å². The summed E-state index contributed by atoms with van der Waals surface area (Å²) in [5, 5.41) is 3.30. The average Bonchev–Trinajstić information content (AvgIpc) is 1.91. The minimum Gasteiger partial charge on any atom is -0.317 e. The molecule has 1 rings (SSSR count). The number of hydrogen-bond donors (Lipinski definition) is 3. The Morgan fingerprint density at radius 2 is 2.00 bits per heavy atom. The minimum absolute atomic E-state index is 0.670. The molecule has 0 amide bonds. The van der Waals surface area contributed by atoms with Crippen LogP contribution in [0, 0.1) is 0 Å². The van der Waals surface area contributed by atoms with Gasteiger partial charge in [0.25, 0.3) is 0 Å². The molecule has 9 heavy (non-hydrogen) atoms. The zero-order valence-electron chi connectivity index (χ0n) is 5.28. The molecule has 0 aromatic rings. The zero-order valence-corrected chi connectivity index (χ0v) is 7.44. The molecule has 1 saturated heterocycles. The van der Waals surface area contributed by atoms with E-state index in [0.717, 1.165) is 13.1 Å². The van der Waals surface area contributed by atoms with E-state index >= 15 is 0 Å². The predicted molar refractivity (Wildman–Crippen MR) is 46.2 cm³/mol. The van der Waals surface area contributed by atoms with Crippen molar-refractivity contribution in [1.82, 2.24) is 14.4 Å².